The van der Waals surface area contributed by atoms with E-state index in [1.54, 1.807) is 12.1 Å². The molecule has 2 aromatic carbocycles. The fourth-order valence-electron chi connectivity index (χ4n) is 3.06. The van der Waals surface area contributed by atoms with E-state index in [4.69, 9.17) is 0 Å². The first-order valence-electron chi connectivity index (χ1n) is 8.66. The second kappa shape index (κ2) is 7.96. The van der Waals surface area contributed by atoms with Crippen molar-refractivity contribution in [2.75, 3.05) is 23.9 Å². The first kappa shape index (κ1) is 21.0. The van der Waals surface area contributed by atoms with Gasteiger partial charge in [0.1, 0.15) is 0 Å². The second-order valence-corrected chi connectivity index (χ2v) is 11.1. The molecule has 0 bridgehead atoms. The molecule has 1 aliphatic rings. The fourth-order valence-corrected chi connectivity index (χ4v) is 7.46. The van der Waals surface area contributed by atoms with Gasteiger partial charge in [-0.25, -0.2) is 21.6 Å². The van der Waals surface area contributed by atoms with Gasteiger partial charge in [-0.05, 0) is 42.8 Å². The molecule has 10 heteroatoms. The van der Waals surface area contributed by atoms with Gasteiger partial charge in [-0.3, -0.25) is 4.79 Å². The van der Waals surface area contributed by atoms with E-state index in [2.05, 4.69) is 10.1 Å². The number of sulfone groups is 2. The number of amides is 1. The molecule has 154 valence electrons. The van der Waals surface area contributed by atoms with Gasteiger partial charge >= 0.3 is 5.97 Å². The van der Waals surface area contributed by atoms with Crippen LogP contribution >= 0.6 is 0 Å². The van der Waals surface area contributed by atoms with E-state index >= 15 is 0 Å². The smallest absolute Gasteiger partial charge is 0.337 e. The Labute approximate surface area is 168 Å². The molecule has 0 unspecified atom stereocenters. The van der Waals surface area contributed by atoms with Crippen LogP contribution in [0.25, 0.3) is 0 Å². The molecule has 1 saturated heterocycles. The van der Waals surface area contributed by atoms with Crippen LogP contribution in [0.1, 0.15) is 27.1 Å². The van der Waals surface area contributed by atoms with Crippen LogP contribution in [-0.2, 0) is 24.4 Å². The van der Waals surface area contributed by atoms with E-state index in [1.807, 2.05) is 0 Å². The van der Waals surface area contributed by atoms with Crippen molar-refractivity contribution in [2.45, 2.75) is 16.6 Å². The Balaban J connectivity index is 1.82. The van der Waals surface area contributed by atoms with Gasteiger partial charge < -0.3 is 10.1 Å². The summed E-state index contributed by atoms with van der Waals surface area (Å²) in [5, 5.41) is 1.59. The first-order valence-corrected chi connectivity index (χ1v) is 12.0. The Kier molecular flexibility index (Phi) is 5.76. The highest BCUT2D eigenvalue weighted by molar-refractivity contribution is 7.96. The molecule has 1 atom stereocenters. The van der Waals surface area contributed by atoms with E-state index in [-0.39, 0.29) is 28.2 Å². The molecule has 1 aliphatic heterocycles. The molecule has 0 saturated carbocycles. The maximum Gasteiger partial charge on any atom is 0.337 e. The minimum Gasteiger partial charge on any atom is -0.465 e. The van der Waals surface area contributed by atoms with Crippen molar-refractivity contribution in [1.29, 1.82) is 0 Å². The third-order valence-electron chi connectivity index (χ3n) is 4.60. The molecule has 0 spiro atoms. The third-order valence-corrected chi connectivity index (χ3v) is 8.77. The van der Waals surface area contributed by atoms with Gasteiger partial charge in [0.05, 0.1) is 34.3 Å². The minimum absolute atomic E-state index is 0.0431. The predicted molar refractivity (Wildman–Crippen MR) is 106 cm³/mol. The molecule has 0 radical (unpaired) electrons. The zero-order valence-electron chi connectivity index (χ0n) is 15.5. The fraction of sp³-hybridized carbons (Fsp3) is 0.263. The number of ether oxygens (including phenoxy) is 1. The number of carbonyl (C=O) groups excluding carboxylic acids is 2. The average Bonchev–Trinajstić information content (AvgIpc) is 3.08. The molecule has 0 aromatic heterocycles. The largest absolute Gasteiger partial charge is 0.465 e. The molecule has 29 heavy (non-hydrogen) atoms. The number of nitrogens with one attached hydrogen (secondary N) is 1. The van der Waals surface area contributed by atoms with Crippen molar-refractivity contribution < 1.29 is 31.2 Å². The summed E-state index contributed by atoms with van der Waals surface area (Å²) < 4.78 is 53.4. The Bertz CT molecular complexity index is 1170. The summed E-state index contributed by atoms with van der Waals surface area (Å²) in [6, 6.07) is 11.6. The molecule has 2 aromatic rings. The Morgan fingerprint density at radius 2 is 1.76 bits per heavy atom. The summed E-state index contributed by atoms with van der Waals surface area (Å²) in [7, 11) is -6.00. The molecule has 1 N–H and O–H groups in total. The van der Waals surface area contributed by atoms with E-state index in [0.717, 1.165) is 0 Å². The predicted octanol–water partition coefficient (Wildman–Crippen LogP) is 1.69. The highest BCUT2D eigenvalue weighted by Crippen LogP contribution is 2.26. The molecule has 3 rings (SSSR count). The number of benzene rings is 2. The average molecular weight is 437 g/mol. The molecule has 8 nitrogen and oxygen atoms in total. The van der Waals surface area contributed by atoms with Crippen LogP contribution in [0.15, 0.2) is 53.4 Å². The zero-order valence-corrected chi connectivity index (χ0v) is 17.1. The summed E-state index contributed by atoms with van der Waals surface area (Å²) in [6.07, 6.45) is 0.0431. The van der Waals surface area contributed by atoms with Crippen molar-refractivity contribution in [3.63, 3.8) is 0 Å². The topological polar surface area (TPSA) is 124 Å². The SMILES string of the molecule is COC(=O)c1cccc(NC(=O)c2cccc(S(=O)(=O)[C@H]3CCS(=O)(=O)C3)c2)c1. The first-order chi connectivity index (χ1) is 13.6. The number of methoxy groups -OCH3 is 1. The van der Waals surface area contributed by atoms with Crippen LogP contribution in [-0.4, -0.2) is 52.6 Å². The van der Waals surface area contributed by atoms with E-state index in [0.29, 0.717) is 5.69 Å². The maximum atomic E-state index is 12.8. The highest BCUT2D eigenvalue weighted by atomic mass is 32.2. The van der Waals surface area contributed by atoms with Crippen molar-refractivity contribution in [1.82, 2.24) is 0 Å². The van der Waals surface area contributed by atoms with Crippen molar-refractivity contribution in [3.05, 3.63) is 59.7 Å². The van der Waals surface area contributed by atoms with E-state index in [1.165, 1.54) is 43.5 Å². The molecule has 1 heterocycles. The van der Waals surface area contributed by atoms with Gasteiger partial charge in [0, 0.05) is 11.3 Å². The molecule has 1 amide bonds. The monoisotopic (exact) mass is 437 g/mol. The summed E-state index contributed by atoms with van der Waals surface area (Å²) in [5.74, 6) is -1.69. The molecule has 0 aliphatic carbocycles. The van der Waals surface area contributed by atoms with Gasteiger partial charge in [-0.15, -0.1) is 0 Å². The maximum absolute atomic E-state index is 12.8. The van der Waals surface area contributed by atoms with Crippen molar-refractivity contribution in [3.8, 4) is 0 Å². The lowest BCUT2D eigenvalue weighted by atomic mass is 10.1. The lowest BCUT2D eigenvalue weighted by Gasteiger charge is -2.12. The number of rotatable bonds is 5. The second-order valence-electron chi connectivity index (χ2n) is 6.62. The summed E-state index contributed by atoms with van der Waals surface area (Å²) >= 11 is 0. The number of hydrogen-bond acceptors (Lipinski definition) is 7. The van der Waals surface area contributed by atoms with Crippen molar-refractivity contribution >= 4 is 37.2 Å². The van der Waals surface area contributed by atoms with Crippen LogP contribution in [0.2, 0.25) is 0 Å². The van der Waals surface area contributed by atoms with Crippen LogP contribution < -0.4 is 5.32 Å². The van der Waals surface area contributed by atoms with Gasteiger partial charge in [-0.2, -0.15) is 0 Å². The standard InChI is InChI=1S/C19H19NO7S2/c1-27-19(22)14-5-2-6-15(10-14)20-18(21)13-4-3-7-16(11-13)29(25,26)17-8-9-28(23,24)12-17/h2-7,10-11,17H,8-9,12H2,1H3,(H,20,21)/t17-/m0/s1. The van der Waals surface area contributed by atoms with Crippen LogP contribution in [0, 0.1) is 0 Å². The normalized spacial score (nSPS) is 18.2. The van der Waals surface area contributed by atoms with Gasteiger partial charge in [-0.1, -0.05) is 12.1 Å². The summed E-state index contributed by atoms with van der Waals surface area (Å²) in [6.45, 7) is 0. The van der Waals surface area contributed by atoms with Gasteiger partial charge in [0.15, 0.2) is 19.7 Å². The van der Waals surface area contributed by atoms with E-state index in [9.17, 15) is 26.4 Å². The van der Waals surface area contributed by atoms with Gasteiger partial charge in [0.25, 0.3) is 5.91 Å². The summed E-state index contributed by atoms with van der Waals surface area (Å²) in [5.41, 5.74) is 0.688. The number of anilines is 1. The van der Waals surface area contributed by atoms with Crippen LogP contribution in [0.5, 0.6) is 0 Å². The Morgan fingerprint density at radius 3 is 2.41 bits per heavy atom. The Hall–Kier alpha value is -2.72. The highest BCUT2D eigenvalue weighted by Gasteiger charge is 2.38. The number of esters is 1. The molecular formula is C19H19NO7S2. The summed E-state index contributed by atoms with van der Waals surface area (Å²) in [4.78, 5) is 24.1. The Morgan fingerprint density at radius 1 is 1.07 bits per heavy atom. The minimum atomic E-state index is -3.88. The lowest BCUT2D eigenvalue weighted by molar-refractivity contribution is 0.0600. The number of carbonyl (C=O) groups is 2. The van der Waals surface area contributed by atoms with Crippen LogP contribution in [0.4, 0.5) is 5.69 Å². The van der Waals surface area contributed by atoms with E-state index < -0.39 is 42.6 Å². The number of hydrogen-bond donors (Lipinski definition) is 1. The molecular weight excluding hydrogens is 418 g/mol. The van der Waals surface area contributed by atoms with Gasteiger partial charge in [0.2, 0.25) is 0 Å². The quantitative estimate of drug-likeness (QED) is 0.706. The van der Waals surface area contributed by atoms with Crippen molar-refractivity contribution in [2.24, 2.45) is 0 Å². The lowest BCUT2D eigenvalue weighted by Crippen LogP contribution is -2.23. The zero-order chi connectivity index (χ0) is 21.2. The molecule has 1 fully saturated rings. The van der Waals surface area contributed by atoms with Crippen LogP contribution in [0.3, 0.4) is 0 Å². The third kappa shape index (κ3) is 4.65.